The first-order chi connectivity index (χ1) is 17.1. The number of hydrogen-bond acceptors (Lipinski definition) is 5. The number of carboxylic acids is 1. The fourth-order valence-corrected chi connectivity index (χ4v) is 3.38. The van der Waals surface area contributed by atoms with Crippen LogP contribution in [0.15, 0.2) is 66.7 Å². The highest BCUT2D eigenvalue weighted by Crippen LogP contribution is 2.37. The Morgan fingerprint density at radius 2 is 1.67 bits per heavy atom. The Morgan fingerprint density at radius 1 is 0.944 bits per heavy atom. The summed E-state index contributed by atoms with van der Waals surface area (Å²) in [5.41, 5.74) is 1.90. The van der Waals surface area contributed by atoms with E-state index < -0.39 is 18.1 Å². The topological polar surface area (TPSA) is 74.2 Å². The van der Waals surface area contributed by atoms with E-state index in [0.717, 1.165) is 17.2 Å². The van der Waals surface area contributed by atoms with Gasteiger partial charge < -0.3 is 24.1 Å². The minimum absolute atomic E-state index is 0.0647. The lowest BCUT2D eigenvalue weighted by Gasteiger charge is -2.19. The Hall–Kier alpha value is -3.88. The number of alkyl halides is 3. The molecule has 1 atom stereocenters. The monoisotopic (exact) mass is 504 g/mol. The molecule has 0 aliphatic heterocycles. The first-order valence-corrected chi connectivity index (χ1v) is 11.3. The molecule has 9 heteroatoms. The van der Waals surface area contributed by atoms with Crippen molar-refractivity contribution in [3.8, 4) is 28.7 Å². The number of para-hydroxylation sites is 1. The van der Waals surface area contributed by atoms with Crippen LogP contribution in [0, 0.1) is 6.92 Å². The maximum atomic E-state index is 12.7. The van der Waals surface area contributed by atoms with Crippen LogP contribution in [0.2, 0.25) is 0 Å². The van der Waals surface area contributed by atoms with Gasteiger partial charge in [0.2, 0.25) is 0 Å². The minimum atomic E-state index is -4.83. The first-order valence-electron chi connectivity index (χ1n) is 11.3. The summed E-state index contributed by atoms with van der Waals surface area (Å²) in [7, 11) is 0. The molecular formula is C27H27F3O6. The van der Waals surface area contributed by atoms with Gasteiger partial charge in [-0.25, -0.2) is 0 Å². The van der Waals surface area contributed by atoms with E-state index in [1.54, 1.807) is 36.4 Å². The van der Waals surface area contributed by atoms with Gasteiger partial charge in [0.05, 0.1) is 12.7 Å². The number of aryl methyl sites for hydroxylation is 2. The number of ether oxygens (including phenoxy) is 4. The Bertz CT molecular complexity index is 1150. The molecule has 1 N–H and O–H groups in total. The van der Waals surface area contributed by atoms with Gasteiger partial charge in [0.1, 0.15) is 17.2 Å². The van der Waals surface area contributed by atoms with Crippen molar-refractivity contribution >= 4 is 5.97 Å². The molecule has 0 saturated carbocycles. The lowest BCUT2D eigenvalue weighted by atomic mass is 10.0. The zero-order valence-corrected chi connectivity index (χ0v) is 19.9. The molecular weight excluding hydrogens is 477 g/mol. The third-order valence-corrected chi connectivity index (χ3v) is 5.16. The van der Waals surface area contributed by atoms with Crippen molar-refractivity contribution < 1.29 is 42.0 Å². The average molecular weight is 505 g/mol. The first kappa shape index (κ1) is 26.7. The number of benzene rings is 3. The van der Waals surface area contributed by atoms with Crippen molar-refractivity contribution in [3.05, 3.63) is 77.9 Å². The maximum absolute atomic E-state index is 12.7. The number of aliphatic carboxylic acids is 1. The molecule has 0 radical (unpaired) electrons. The van der Waals surface area contributed by atoms with Crippen LogP contribution in [0.25, 0.3) is 0 Å². The van der Waals surface area contributed by atoms with Gasteiger partial charge in [-0.1, -0.05) is 24.3 Å². The van der Waals surface area contributed by atoms with Gasteiger partial charge in [-0.3, -0.25) is 4.79 Å². The second-order valence-electron chi connectivity index (χ2n) is 8.12. The minimum Gasteiger partial charge on any atom is -0.493 e. The van der Waals surface area contributed by atoms with Crippen LogP contribution < -0.4 is 18.9 Å². The molecule has 3 aromatic rings. The van der Waals surface area contributed by atoms with Crippen molar-refractivity contribution in [1.29, 1.82) is 0 Å². The fourth-order valence-electron chi connectivity index (χ4n) is 3.38. The molecule has 0 heterocycles. The Labute approximate surface area is 207 Å². The smallest absolute Gasteiger partial charge is 0.493 e. The summed E-state index contributed by atoms with van der Waals surface area (Å²) in [6.07, 6.45) is -4.16. The Morgan fingerprint density at radius 3 is 2.33 bits per heavy atom. The van der Waals surface area contributed by atoms with Crippen molar-refractivity contribution in [1.82, 2.24) is 0 Å². The summed E-state index contributed by atoms with van der Waals surface area (Å²) in [5.74, 6) is 0.176. The number of carboxylic acid groups (broad SMARTS) is 1. The third-order valence-electron chi connectivity index (χ3n) is 5.16. The maximum Gasteiger partial charge on any atom is 0.573 e. The summed E-state index contributed by atoms with van der Waals surface area (Å²) in [6, 6.07) is 17.8. The SMILES string of the molecule is Cc1cc(OCCC(C)Oc2ccc(OC(F)(F)F)cc2Oc2ccccc2)ccc1CCC(=O)O. The summed E-state index contributed by atoms with van der Waals surface area (Å²) in [5, 5.41) is 8.85. The Balaban J connectivity index is 1.61. The number of carbonyl (C=O) groups is 1. The molecule has 0 bridgehead atoms. The van der Waals surface area contributed by atoms with Crippen LogP contribution in [-0.2, 0) is 11.2 Å². The lowest BCUT2D eigenvalue weighted by Crippen LogP contribution is -2.18. The third kappa shape index (κ3) is 8.72. The van der Waals surface area contributed by atoms with Crippen LogP contribution >= 0.6 is 0 Å². The summed E-state index contributed by atoms with van der Waals surface area (Å²) >= 11 is 0. The van der Waals surface area contributed by atoms with Crippen molar-refractivity contribution in [2.75, 3.05) is 6.61 Å². The molecule has 0 aromatic heterocycles. The molecule has 3 aromatic carbocycles. The van der Waals surface area contributed by atoms with Crippen molar-refractivity contribution in [2.24, 2.45) is 0 Å². The molecule has 1 unspecified atom stereocenters. The second kappa shape index (κ2) is 12.2. The number of hydrogen-bond donors (Lipinski definition) is 1. The van der Waals surface area contributed by atoms with Crippen LogP contribution in [0.5, 0.6) is 28.7 Å². The van der Waals surface area contributed by atoms with Crippen LogP contribution in [0.3, 0.4) is 0 Å². The number of halogens is 3. The fraction of sp³-hybridized carbons (Fsp3) is 0.296. The molecule has 192 valence electrons. The molecule has 3 rings (SSSR count). The quantitative estimate of drug-likeness (QED) is 0.288. The van der Waals surface area contributed by atoms with Crippen molar-refractivity contribution in [3.63, 3.8) is 0 Å². The Kier molecular flexibility index (Phi) is 9.05. The van der Waals surface area contributed by atoms with Gasteiger partial charge in [0, 0.05) is 18.9 Å². The van der Waals surface area contributed by atoms with Gasteiger partial charge >= 0.3 is 12.3 Å². The molecule has 0 spiro atoms. The van der Waals surface area contributed by atoms with E-state index in [1.807, 2.05) is 26.0 Å². The number of rotatable bonds is 12. The molecule has 0 fully saturated rings. The zero-order valence-electron chi connectivity index (χ0n) is 19.9. The van der Waals surface area contributed by atoms with Gasteiger partial charge in [-0.05, 0) is 67.8 Å². The highest BCUT2D eigenvalue weighted by atomic mass is 19.4. The van der Waals surface area contributed by atoms with Gasteiger partial charge in [-0.2, -0.15) is 0 Å². The average Bonchev–Trinajstić information content (AvgIpc) is 2.80. The highest BCUT2D eigenvalue weighted by molar-refractivity contribution is 5.67. The van der Waals surface area contributed by atoms with E-state index in [4.69, 9.17) is 19.3 Å². The molecule has 6 nitrogen and oxygen atoms in total. The van der Waals surface area contributed by atoms with E-state index in [1.165, 1.54) is 12.1 Å². The van der Waals surface area contributed by atoms with E-state index in [9.17, 15) is 18.0 Å². The van der Waals surface area contributed by atoms with Crippen molar-refractivity contribution in [2.45, 2.75) is 45.6 Å². The largest absolute Gasteiger partial charge is 0.573 e. The van der Waals surface area contributed by atoms with E-state index in [2.05, 4.69) is 4.74 Å². The summed E-state index contributed by atoms with van der Waals surface area (Å²) < 4.78 is 59.5. The normalized spacial score (nSPS) is 12.0. The molecule has 0 aliphatic carbocycles. The molecule has 0 saturated heterocycles. The second-order valence-corrected chi connectivity index (χ2v) is 8.12. The lowest BCUT2D eigenvalue weighted by molar-refractivity contribution is -0.274. The van der Waals surface area contributed by atoms with Gasteiger partial charge in [-0.15, -0.1) is 13.2 Å². The zero-order chi connectivity index (χ0) is 26.1. The van der Waals surface area contributed by atoms with E-state index >= 15 is 0 Å². The van der Waals surface area contributed by atoms with Gasteiger partial charge in [0.25, 0.3) is 0 Å². The van der Waals surface area contributed by atoms with Crippen LogP contribution in [-0.4, -0.2) is 30.1 Å². The molecule has 0 aliphatic rings. The predicted molar refractivity (Wildman–Crippen MR) is 127 cm³/mol. The van der Waals surface area contributed by atoms with Crippen LogP contribution in [0.1, 0.15) is 30.9 Å². The van der Waals surface area contributed by atoms with Crippen LogP contribution in [0.4, 0.5) is 13.2 Å². The molecule has 36 heavy (non-hydrogen) atoms. The summed E-state index contributed by atoms with van der Waals surface area (Å²) in [6.45, 7) is 4.05. The highest BCUT2D eigenvalue weighted by Gasteiger charge is 2.31. The molecule has 0 amide bonds. The van der Waals surface area contributed by atoms with E-state index in [0.29, 0.717) is 30.9 Å². The standard InChI is InChI=1S/C27H27F3O6/c1-18-16-22(10-8-20(18)9-13-26(31)32)33-15-14-19(2)34-24-12-11-23(36-27(28,29)30)17-25(24)35-21-6-4-3-5-7-21/h3-8,10-12,16-17,19H,9,13-15H2,1-2H3,(H,31,32). The van der Waals surface area contributed by atoms with Gasteiger partial charge in [0.15, 0.2) is 11.5 Å². The van der Waals surface area contributed by atoms with E-state index in [-0.39, 0.29) is 24.0 Å². The summed E-state index contributed by atoms with van der Waals surface area (Å²) in [4.78, 5) is 10.8. The predicted octanol–water partition coefficient (Wildman–Crippen LogP) is 6.94.